The van der Waals surface area contributed by atoms with E-state index in [2.05, 4.69) is 26.3 Å². The van der Waals surface area contributed by atoms with Crippen molar-refractivity contribution in [1.82, 2.24) is 9.78 Å². The molecule has 0 radical (unpaired) electrons. The molecule has 0 bridgehead atoms. The van der Waals surface area contributed by atoms with Crippen molar-refractivity contribution < 1.29 is 4.39 Å². The fourth-order valence-corrected chi connectivity index (χ4v) is 1.78. The van der Waals surface area contributed by atoms with Crippen molar-refractivity contribution >= 4 is 21.6 Å². The van der Waals surface area contributed by atoms with Gasteiger partial charge in [0, 0.05) is 12.4 Å². The molecule has 0 amide bonds. The van der Waals surface area contributed by atoms with Gasteiger partial charge in [-0.2, -0.15) is 15.6 Å². The van der Waals surface area contributed by atoms with E-state index in [0.717, 1.165) is 4.47 Å². The van der Waals surface area contributed by atoms with E-state index >= 15 is 0 Å². The number of rotatable bonds is 3. The van der Waals surface area contributed by atoms with Crippen molar-refractivity contribution in [3.05, 3.63) is 52.7 Å². The predicted molar refractivity (Wildman–Crippen MR) is 74.2 cm³/mol. The Morgan fingerprint density at radius 2 is 2.15 bits per heavy atom. The number of aromatic nitrogens is 2. The molecule has 1 aromatic carbocycles. The summed E-state index contributed by atoms with van der Waals surface area (Å²) in [6, 6.07) is 7.53. The van der Waals surface area contributed by atoms with Crippen LogP contribution in [0.3, 0.4) is 0 Å². The van der Waals surface area contributed by atoms with Gasteiger partial charge < -0.3 is 5.32 Å². The van der Waals surface area contributed by atoms with Gasteiger partial charge in [0.15, 0.2) is 0 Å². The van der Waals surface area contributed by atoms with Crippen LogP contribution < -0.4 is 5.32 Å². The summed E-state index contributed by atoms with van der Waals surface area (Å²) in [5, 5.41) is 24.2. The van der Waals surface area contributed by atoms with Crippen LogP contribution in [0.4, 0.5) is 10.1 Å². The SMILES string of the molecule is N#CC(C#N)=CNc1cc(F)ccc1-n1cc(Br)cn1. The van der Waals surface area contributed by atoms with Gasteiger partial charge in [0.05, 0.1) is 22.0 Å². The van der Waals surface area contributed by atoms with Crippen molar-refractivity contribution in [2.24, 2.45) is 0 Å². The second kappa shape index (κ2) is 6.00. The third-order valence-corrected chi connectivity index (χ3v) is 2.78. The van der Waals surface area contributed by atoms with E-state index in [0.29, 0.717) is 11.4 Å². The number of hydrogen-bond donors (Lipinski definition) is 1. The normalized spacial score (nSPS) is 9.40. The first-order chi connectivity index (χ1) is 9.63. The van der Waals surface area contributed by atoms with Gasteiger partial charge in [0.25, 0.3) is 0 Å². The Morgan fingerprint density at radius 3 is 2.75 bits per heavy atom. The molecule has 2 aromatic rings. The minimum atomic E-state index is -0.439. The third-order valence-electron chi connectivity index (χ3n) is 2.37. The van der Waals surface area contributed by atoms with Crippen LogP contribution in [-0.2, 0) is 0 Å². The summed E-state index contributed by atoms with van der Waals surface area (Å²) < 4.78 is 15.6. The van der Waals surface area contributed by atoms with Gasteiger partial charge in [-0.05, 0) is 34.1 Å². The summed E-state index contributed by atoms with van der Waals surface area (Å²) in [6.07, 6.45) is 4.52. The molecule has 98 valence electrons. The Balaban J connectivity index is 2.42. The third kappa shape index (κ3) is 3.02. The van der Waals surface area contributed by atoms with E-state index in [-0.39, 0.29) is 5.57 Å². The highest BCUT2D eigenvalue weighted by Crippen LogP contribution is 2.22. The molecule has 0 saturated heterocycles. The first-order valence-electron chi connectivity index (χ1n) is 5.41. The molecular formula is C13H7BrFN5. The van der Waals surface area contributed by atoms with Gasteiger partial charge in [-0.3, -0.25) is 0 Å². The Hall–Kier alpha value is -2.64. The summed E-state index contributed by atoms with van der Waals surface area (Å²) in [4.78, 5) is 0. The zero-order chi connectivity index (χ0) is 14.5. The lowest BCUT2D eigenvalue weighted by Crippen LogP contribution is -2.01. The lowest BCUT2D eigenvalue weighted by atomic mass is 10.2. The lowest BCUT2D eigenvalue weighted by Gasteiger charge is -2.09. The summed E-state index contributed by atoms with van der Waals surface area (Å²) in [5.41, 5.74) is 0.869. The maximum Gasteiger partial charge on any atom is 0.145 e. The summed E-state index contributed by atoms with van der Waals surface area (Å²) >= 11 is 3.28. The average Bonchev–Trinajstić information content (AvgIpc) is 2.86. The van der Waals surface area contributed by atoms with Crippen molar-refractivity contribution in [3.8, 4) is 17.8 Å². The van der Waals surface area contributed by atoms with E-state index < -0.39 is 5.82 Å². The summed E-state index contributed by atoms with van der Waals surface area (Å²) in [5.74, 6) is -0.439. The molecule has 20 heavy (non-hydrogen) atoms. The zero-order valence-corrected chi connectivity index (χ0v) is 11.6. The maximum atomic E-state index is 13.3. The number of hydrogen-bond acceptors (Lipinski definition) is 4. The second-order valence-electron chi connectivity index (χ2n) is 3.69. The highest BCUT2D eigenvalue weighted by Gasteiger charge is 2.07. The van der Waals surface area contributed by atoms with Crippen LogP contribution in [0.15, 0.2) is 46.8 Å². The largest absolute Gasteiger partial charge is 0.358 e. The first-order valence-corrected chi connectivity index (χ1v) is 6.20. The van der Waals surface area contributed by atoms with Crippen LogP contribution in [0.5, 0.6) is 0 Å². The molecule has 1 heterocycles. The van der Waals surface area contributed by atoms with Crippen molar-refractivity contribution in [2.45, 2.75) is 0 Å². The Kier molecular flexibility index (Phi) is 4.14. The van der Waals surface area contributed by atoms with E-state index in [1.165, 1.54) is 23.0 Å². The van der Waals surface area contributed by atoms with Crippen molar-refractivity contribution in [1.29, 1.82) is 10.5 Å². The molecule has 0 fully saturated rings. The number of halogens is 2. The topological polar surface area (TPSA) is 77.4 Å². The van der Waals surface area contributed by atoms with Crippen LogP contribution in [0.25, 0.3) is 5.69 Å². The van der Waals surface area contributed by atoms with Crippen LogP contribution >= 0.6 is 15.9 Å². The zero-order valence-electron chi connectivity index (χ0n) is 10.0. The summed E-state index contributed by atoms with van der Waals surface area (Å²) in [7, 11) is 0. The van der Waals surface area contributed by atoms with Crippen LogP contribution in [-0.4, -0.2) is 9.78 Å². The predicted octanol–water partition coefficient (Wildman–Crippen LogP) is 3.12. The van der Waals surface area contributed by atoms with Gasteiger partial charge >= 0.3 is 0 Å². The molecule has 0 atom stereocenters. The number of nitriles is 2. The van der Waals surface area contributed by atoms with Crippen molar-refractivity contribution in [3.63, 3.8) is 0 Å². The lowest BCUT2D eigenvalue weighted by molar-refractivity contribution is 0.627. The molecule has 5 nitrogen and oxygen atoms in total. The molecule has 0 saturated carbocycles. The standard InChI is InChI=1S/C13H7BrFN5/c14-10-7-19-20(8-10)13-2-1-11(15)3-12(13)18-6-9(4-16)5-17/h1-3,6-8,18H. The van der Waals surface area contributed by atoms with Gasteiger partial charge in [-0.25, -0.2) is 9.07 Å². The molecule has 7 heteroatoms. The van der Waals surface area contributed by atoms with Gasteiger partial charge in [0.2, 0.25) is 0 Å². The van der Waals surface area contributed by atoms with Crippen LogP contribution in [0.2, 0.25) is 0 Å². The average molecular weight is 332 g/mol. The molecule has 2 rings (SSSR count). The molecule has 0 spiro atoms. The fourth-order valence-electron chi connectivity index (χ4n) is 1.50. The number of allylic oxidation sites excluding steroid dienone is 1. The quantitative estimate of drug-likeness (QED) is 0.876. The molecule has 0 aliphatic carbocycles. The highest BCUT2D eigenvalue weighted by molar-refractivity contribution is 9.10. The Bertz CT molecular complexity index is 735. The Morgan fingerprint density at radius 1 is 1.40 bits per heavy atom. The van der Waals surface area contributed by atoms with E-state index in [9.17, 15) is 4.39 Å². The molecule has 1 N–H and O–H groups in total. The number of anilines is 1. The second-order valence-corrected chi connectivity index (χ2v) is 4.61. The monoisotopic (exact) mass is 331 g/mol. The van der Waals surface area contributed by atoms with Crippen LogP contribution in [0.1, 0.15) is 0 Å². The summed E-state index contributed by atoms with van der Waals surface area (Å²) in [6.45, 7) is 0. The maximum absolute atomic E-state index is 13.3. The first kappa shape index (κ1) is 13.8. The van der Waals surface area contributed by atoms with E-state index in [1.807, 2.05) is 0 Å². The minimum absolute atomic E-state index is 0.109. The molecular weight excluding hydrogens is 325 g/mol. The molecule has 0 aliphatic rings. The van der Waals surface area contributed by atoms with E-state index in [1.54, 1.807) is 30.6 Å². The van der Waals surface area contributed by atoms with Crippen LogP contribution in [0, 0.1) is 28.5 Å². The van der Waals surface area contributed by atoms with Crippen molar-refractivity contribution in [2.75, 3.05) is 5.32 Å². The van der Waals surface area contributed by atoms with Gasteiger partial charge in [-0.1, -0.05) is 0 Å². The number of benzene rings is 1. The molecule has 1 aromatic heterocycles. The smallest absolute Gasteiger partial charge is 0.145 e. The molecule has 0 aliphatic heterocycles. The Labute approximate surface area is 122 Å². The molecule has 0 unspecified atom stereocenters. The number of nitrogens with one attached hydrogen (secondary N) is 1. The van der Waals surface area contributed by atoms with Gasteiger partial charge in [-0.15, -0.1) is 0 Å². The minimum Gasteiger partial charge on any atom is -0.358 e. The van der Waals surface area contributed by atoms with Gasteiger partial charge in [0.1, 0.15) is 23.5 Å². The number of nitrogens with zero attached hydrogens (tertiary/aromatic N) is 4. The highest BCUT2D eigenvalue weighted by atomic mass is 79.9. The van der Waals surface area contributed by atoms with E-state index in [4.69, 9.17) is 10.5 Å². The fraction of sp³-hybridized carbons (Fsp3) is 0.